The number of nitrogens with one attached hydrogen (secondary N) is 1. The predicted octanol–water partition coefficient (Wildman–Crippen LogP) is 5.43. The normalized spacial score (nSPS) is 11.1. The Morgan fingerprint density at radius 3 is 2.48 bits per heavy atom. The van der Waals surface area contributed by atoms with Crippen molar-refractivity contribution in [2.24, 2.45) is 0 Å². The highest BCUT2D eigenvalue weighted by Crippen LogP contribution is 2.32. The van der Waals surface area contributed by atoms with Gasteiger partial charge in [0, 0.05) is 30.1 Å². The van der Waals surface area contributed by atoms with Gasteiger partial charge in [-0.25, -0.2) is 23.7 Å². The molecule has 0 amide bonds. The van der Waals surface area contributed by atoms with Gasteiger partial charge in [0.15, 0.2) is 11.0 Å². The summed E-state index contributed by atoms with van der Waals surface area (Å²) >= 11 is 1.44. The van der Waals surface area contributed by atoms with Crippen LogP contribution in [0.4, 0.5) is 13.9 Å². The number of anilines is 1. The van der Waals surface area contributed by atoms with Crippen LogP contribution in [-0.2, 0) is 0 Å². The van der Waals surface area contributed by atoms with E-state index in [0.717, 1.165) is 16.1 Å². The van der Waals surface area contributed by atoms with Gasteiger partial charge in [0.1, 0.15) is 17.3 Å². The SMILES string of the molecule is CC(C)Nc1ncc(-c2cc(-c3ccc(F)cc3F)nc(-c3ccccn3)n2)s1. The third kappa shape index (κ3) is 4.27. The van der Waals surface area contributed by atoms with Crippen LogP contribution in [0.3, 0.4) is 0 Å². The Hall–Kier alpha value is -3.26. The summed E-state index contributed by atoms with van der Waals surface area (Å²) in [6, 6.07) is 10.7. The predicted molar refractivity (Wildman–Crippen MR) is 110 cm³/mol. The molecule has 0 atom stereocenters. The Morgan fingerprint density at radius 1 is 0.931 bits per heavy atom. The van der Waals surface area contributed by atoms with Crippen LogP contribution in [0.2, 0.25) is 0 Å². The lowest BCUT2D eigenvalue weighted by Gasteiger charge is -2.08. The maximum Gasteiger partial charge on any atom is 0.183 e. The molecule has 1 aromatic carbocycles. The van der Waals surface area contributed by atoms with Crippen molar-refractivity contribution in [3.05, 3.63) is 66.5 Å². The van der Waals surface area contributed by atoms with Crippen molar-refractivity contribution in [1.82, 2.24) is 19.9 Å². The van der Waals surface area contributed by atoms with E-state index in [1.165, 1.54) is 23.5 Å². The van der Waals surface area contributed by atoms with Crippen LogP contribution >= 0.6 is 11.3 Å². The summed E-state index contributed by atoms with van der Waals surface area (Å²) in [5, 5.41) is 4.02. The van der Waals surface area contributed by atoms with Crippen LogP contribution in [0, 0.1) is 11.6 Å². The smallest absolute Gasteiger partial charge is 0.183 e. The number of aromatic nitrogens is 4. The molecule has 4 aromatic rings. The monoisotopic (exact) mass is 409 g/mol. The van der Waals surface area contributed by atoms with Gasteiger partial charge in [0.05, 0.1) is 16.3 Å². The van der Waals surface area contributed by atoms with Gasteiger partial charge in [0.25, 0.3) is 0 Å². The molecule has 29 heavy (non-hydrogen) atoms. The first-order chi connectivity index (χ1) is 14.0. The maximum atomic E-state index is 14.4. The van der Waals surface area contributed by atoms with E-state index in [-0.39, 0.29) is 11.6 Å². The topological polar surface area (TPSA) is 63.6 Å². The fourth-order valence-electron chi connectivity index (χ4n) is 2.72. The molecule has 0 bridgehead atoms. The molecule has 0 saturated heterocycles. The van der Waals surface area contributed by atoms with Crippen molar-refractivity contribution in [3.8, 4) is 33.3 Å². The third-order valence-electron chi connectivity index (χ3n) is 4.00. The quantitative estimate of drug-likeness (QED) is 0.476. The number of nitrogens with zero attached hydrogens (tertiary/aromatic N) is 4. The molecular formula is C21H17F2N5S. The maximum absolute atomic E-state index is 14.4. The molecule has 0 saturated carbocycles. The lowest BCUT2D eigenvalue weighted by atomic mass is 10.1. The first kappa shape index (κ1) is 19.1. The molecule has 0 unspecified atom stereocenters. The van der Waals surface area contributed by atoms with Gasteiger partial charge in [-0.3, -0.25) is 4.98 Å². The van der Waals surface area contributed by atoms with Gasteiger partial charge < -0.3 is 5.32 Å². The molecule has 0 aliphatic heterocycles. The number of rotatable bonds is 5. The van der Waals surface area contributed by atoms with E-state index in [0.29, 0.717) is 22.9 Å². The van der Waals surface area contributed by atoms with Crippen molar-refractivity contribution < 1.29 is 8.78 Å². The van der Waals surface area contributed by atoms with Crippen LogP contribution in [0.15, 0.2) is 54.9 Å². The van der Waals surface area contributed by atoms with Crippen LogP contribution in [0.1, 0.15) is 13.8 Å². The number of halogens is 2. The zero-order valence-corrected chi connectivity index (χ0v) is 16.5. The van der Waals surface area contributed by atoms with E-state index in [4.69, 9.17) is 0 Å². The van der Waals surface area contributed by atoms with E-state index in [1.54, 1.807) is 30.6 Å². The summed E-state index contributed by atoms with van der Waals surface area (Å²) in [5.74, 6) is -0.973. The van der Waals surface area contributed by atoms with Crippen molar-refractivity contribution >= 4 is 16.5 Å². The Morgan fingerprint density at radius 2 is 1.76 bits per heavy atom. The van der Waals surface area contributed by atoms with Gasteiger partial charge in [-0.2, -0.15) is 0 Å². The second-order valence-corrected chi connectivity index (χ2v) is 7.66. The Bertz CT molecular complexity index is 1150. The zero-order valence-electron chi connectivity index (χ0n) is 15.7. The van der Waals surface area contributed by atoms with E-state index in [9.17, 15) is 8.78 Å². The minimum absolute atomic E-state index is 0.192. The van der Waals surface area contributed by atoms with Crippen LogP contribution in [0.25, 0.3) is 33.3 Å². The molecule has 0 fully saturated rings. The summed E-state index contributed by atoms with van der Waals surface area (Å²) in [6.45, 7) is 4.06. The van der Waals surface area contributed by atoms with Gasteiger partial charge in [-0.05, 0) is 44.2 Å². The summed E-state index contributed by atoms with van der Waals surface area (Å²) in [5.41, 5.74) is 1.69. The van der Waals surface area contributed by atoms with Crippen molar-refractivity contribution in [2.45, 2.75) is 19.9 Å². The molecule has 0 aliphatic rings. The van der Waals surface area contributed by atoms with E-state index >= 15 is 0 Å². The summed E-state index contributed by atoms with van der Waals surface area (Å²) < 4.78 is 27.8. The molecule has 5 nitrogen and oxygen atoms in total. The van der Waals surface area contributed by atoms with Gasteiger partial charge in [0.2, 0.25) is 0 Å². The minimum Gasteiger partial charge on any atom is -0.359 e. The van der Waals surface area contributed by atoms with Gasteiger partial charge in [-0.1, -0.05) is 17.4 Å². The molecule has 146 valence electrons. The molecule has 1 N–H and O–H groups in total. The number of benzene rings is 1. The van der Waals surface area contributed by atoms with Crippen molar-refractivity contribution in [3.63, 3.8) is 0 Å². The average molecular weight is 409 g/mol. The first-order valence-corrected chi connectivity index (χ1v) is 9.80. The van der Waals surface area contributed by atoms with Crippen LogP contribution < -0.4 is 5.32 Å². The second kappa shape index (κ2) is 8.00. The summed E-state index contributed by atoms with van der Waals surface area (Å²) in [7, 11) is 0. The standard InChI is InChI=1S/C21H17F2N5S/c1-12(2)26-21-25-11-19(29-21)18-10-17(14-7-6-13(22)9-15(14)23)27-20(28-18)16-5-3-4-8-24-16/h3-12H,1-2H3,(H,25,26). The lowest BCUT2D eigenvalue weighted by Crippen LogP contribution is -2.08. The largest absolute Gasteiger partial charge is 0.359 e. The van der Waals surface area contributed by atoms with Crippen molar-refractivity contribution in [2.75, 3.05) is 5.32 Å². The molecule has 4 rings (SSSR count). The number of hydrogen-bond acceptors (Lipinski definition) is 6. The molecule has 3 aromatic heterocycles. The molecule has 0 spiro atoms. The second-order valence-electron chi connectivity index (χ2n) is 6.63. The van der Waals surface area contributed by atoms with E-state index in [1.807, 2.05) is 19.9 Å². The van der Waals surface area contributed by atoms with Crippen LogP contribution in [0.5, 0.6) is 0 Å². The Labute approximate surface area is 170 Å². The highest BCUT2D eigenvalue weighted by Gasteiger charge is 2.16. The molecule has 3 heterocycles. The fourth-order valence-corrected chi connectivity index (χ4v) is 3.65. The number of hydrogen-bond donors (Lipinski definition) is 1. The van der Waals surface area contributed by atoms with Gasteiger partial charge >= 0.3 is 0 Å². The zero-order chi connectivity index (χ0) is 20.4. The number of thiazole rings is 1. The third-order valence-corrected chi connectivity index (χ3v) is 4.95. The van der Waals surface area contributed by atoms with Gasteiger partial charge in [-0.15, -0.1) is 0 Å². The Balaban J connectivity index is 1.85. The summed E-state index contributed by atoms with van der Waals surface area (Å²) in [4.78, 5) is 18.6. The Kier molecular flexibility index (Phi) is 5.26. The highest BCUT2D eigenvalue weighted by atomic mass is 32.1. The molecule has 8 heteroatoms. The van der Waals surface area contributed by atoms with E-state index < -0.39 is 11.6 Å². The van der Waals surface area contributed by atoms with Crippen LogP contribution in [-0.4, -0.2) is 26.0 Å². The molecule has 0 aliphatic carbocycles. The highest BCUT2D eigenvalue weighted by molar-refractivity contribution is 7.18. The lowest BCUT2D eigenvalue weighted by molar-refractivity contribution is 0.585. The molecular weight excluding hydrogens is 392 g/mol. The average Bonchev–Trinajstić information content (AvgIpc) is 3.16. The minimum atomic E-state index is -0.687. The molecule has 0 radical (unpaired) electrons. The van der Waals surface area contributed by atoms with Crippen molar-refractivity contribution in [1.29, 1.82) is 0 Å². The fraction of sp³-hybridized carbons (Fsp3) is 0.143. The van der Waals surface area contributed by atoms with E-state index in [2.05, 4.69) is 25.3 Å². The first-order valence-electron chi connectivity index (χ1n) is 8.98. The summed E-state index contributed by atoms with van der Waals surface area (Å²) in [6.07, 6.45) is 3.35. The number of pyridine rings is 1.